The van der Waals surface area contributed by atoms with E-state index in [1.807, 2.05) is 0 Å². The van der Waals surface area contributed by atoms with Crippen LogP contribution < -0.4 is 10.6 Å². The number of likely N-dealkylation sites (tertiary alicyclic amines) is 1. The topological polar surface area (TPSA) is 91.4 Å². The molecule has 110 valence electrons. The van der Waals surface area contributed by atoms with Gasteiger partial charge in [-0.15, -0.1) is 0 Å². The molecule has 0 aromatic carbocycles. The van der Waals surface area contributed by atoms with Crippen molar-refractivity contribution < 1.29 is 14.4 Å². The van der Waals surface area contributed by atoms with E-state index in [1.54, 1.807) is 6.07 Å². The number of imide groups is 1. The van der Waals surface area contributed by atoms with Crippen LogP contribution in [0.3, 0.4) is 0 Å². The summed E-state index contributed by atoms with van der Waals surface area (Å²) in [6, 6.07) is 2.55. The third-order valence-electron chi connectivity index (χ3n) is 3.74. The predicted octanol–water partition coefficient (Wildman–Crippen LogP) is 0.549. The summed E-state index contributed by atoms with van der Waals surface area (Å²) < 4.78 is 0. The molecule has 3 heterocycles. The van der Waals surface area contributed by atoms with E-state index in [-0.39, 0.29) is 24.1 Å². The number of amides is 4. The maximum absolute atomic E-state index is 12.4. The molecule has 2 saturated heterocycles. The zero-order valence-corrected chi connectivity index (χ0v) is 11.8. The molecule has 0 saturated carbocycles. The van der Waals surface area contributed by atoms with Gasteiger partial charge in [0, 0.05) is 17.8 Å². The molecule has 1 unspecified atom stereocenters. The van der Waals surface area contributed by atoms with Crippen molar-refractivity contribution in [3.63, 3.8) is 0 Å². The van der Waals surface area contributed by atoms with E-state index in [0.29, 0.717) is 24.4 Å². The Kier molecular flexibility index (Phi) is 3.29. The first kappa shape index (κ1) is 13.8. The van der Waals surface area contributed by atoms with Gasteiger partial charge in [-0.05, 0) is 25.0 Å². The van der Waals surface area contributed by atoms with Crippen LogP contribution in [0, 0.1) is 0 Å². The molecule has 1 aromatic rings. The Morgan fingerprint density at radius 1 is 1.43 bits per heavy atom. The smallest absolute Gasteiger partial charge is 0.322 e. The maximum atomic E-state index is 12.4. The molecule has 21 heavy (non-hydrogen) atoms. The summed E-state index contributed by atoms with van der Waals surface area (Å²) in [6.07, 6.45) is 2.59. The summed E-state index contributed by atoms with van der Waals surface area (Å²) in [5.74, 6) is -0.686. The number of halogens is 1. The normalized spacial score (nSPS) is 24.9. The zero-order valence-electron chi connectivity index (χ0n) is 11.1. The van der Waals surface area contributed by atoms with E-state index in [0.717, 1.165) is 0 Å². The van der Waals surface area contributed by atoms with Crippen LogP contribution in [0.15, 0.2) is 18.3 Å². The Morgan fingerprint density at radius 2 is 2.24 bits per heavy atom. The average Bonchev–Trinajstić information content (AvgIpc) is 2.72. The fourth-order valence-electron chi connectivity index (χ4n) is 2.73. The third-order valence-corrected chi connectivity index (χ3v) is 3.97. The molecule has 2 fully saturated rings. The van der Waals surface area contributed by atoms with Crippen LogP contribution in [-0.2, 0) is 4.79 Å². The van der Waals surface area contributed by atoms with Crippen LogP contribution in [0.4, 0.5) is 4.79 Å². The number of nitrogens with zero attached hydrogens (tertiary/aromatic N) is 2. The van der Waals surface area contributed by atoms with E-state index >= 15 is 0 Å². The lowest BCUT2D eigenvalue weighted by Crippen LogP contribution is -2.59. The fourth-order valence-corrected chi connectivity index (χ4v) is 2.89. The van der Waals surface area contributed by atoms with Crippen LogP contribution in [-0.4, -0.2) is 46.4 Å². The van der Waals surface area contributed by atoms with Gasteiger partial charge in [-0.25, -0.2) is 4.79 Å². The summed E-state index contributed by atoms with van der Waals surface area (Å²) in [7, 11) is 0. The van der Waals surface area contributed by atoms with Crippen molar-refractivity contribution in [3.8, 4) is 0 Å². The highest BCUT2D eigenvalue weighted by atomic mass is 35.5. The second kappa shape index (κ2) is 5.00. The molecule has 2 N–H and O–H groups in total. The van der Waals surface area contributed by atoms with Crippen molar-refractivity contribution in [2.45, 2.75) is 18.4 Å². The van der Waals surface area contributed by atoms with E-state index in [1.165, 1.54) is 17.2 Å². The maximum Gasteiger partial charge on any atom is 0.322 e. The highest BCUT2D eigenvalue weighted by Gasteiger charge is 2.49. The molecule has 2 aliphatic rings. The molecule has 0 radical (unpaired) electrons. The fraction of sp³-hybridized carbons (Fsp3) is 0.385. The predicted molar refractivity (Wildman–Crippen MR) is 73.8 cm³/mol. The number of hydrogen-bond acceptors (Lipinski definition) is 4. The number of carbonyl (C=O) groups is 3. The van der Waals surface area contributed by atoms with Gasteiger partial charge in [0.1, 0.15) is 11.2 Å². The van der Waals surface area contributed by atoms with Crippen molar-refractivity contribution in [1.29, 1.82) is 0 Å². The van der Waals surface area contributed by atoms with Crippen LogP contribution >= 0.6 is 11.6 Å². The first-order chi connectivity index (χ1) is 10.00. The van der Waals surface area contributed by atoms with Crippen molar-refractivity contribution in [2.75, 3.05) is 13.1 Å². The molecule has 1 spiro atoms. The zero-order chi connectivity index (χ0) is 15.0. The van der Waals surface area contributed by atoms with Gasteiger partial charge in [-0.1, -0.05) is 11.6 Å². The van der Waals surface area contributed by atoms with E-state index < -0.39 is 11.6 Å². The molecular formula is C13H13ClN4O3. The second-order valence-corrected chi connectivity index (χ2v) is 5.62. The van der Waals surface area contributed by atoms with Gasteiger partial charge in [-0.3, -0.25) is 19.9 Å². The highest BCUT2D eigenvalue weighted by molar-refractivity contribution is 6.30. The standard InChI is InChI=1S/C13H13ClN4O3/c14-8-2-4-15-9(6-8)10(19)18-5-1-3-13(7-18)11(20)16-12(21)17-13/h2,4,6H,1,3,5,7H2,(H2,16,17,20,21). The number of aromatic nitrogens is 1. The molecule has 7 nitrogen and oxygen atoms in total. The molecule has 8 heteroatoms. The van der Waals surface area contributed by atoms with Gasteiger partial charge in [0.25, 0.3) is 11.8 Å². The van der Waals surface area contributed by atoms with Crippen LogP contribution in [0.25, 0.3) is 0 Å². The number of nitrogens with one attached hydrogen (secondary N) is 2. The quantitative estimate of drug-likeness (QED) is 0.741. The number of urea groups is 1. The van der Waals surface area contributed by atoms with Crippen LogP contribution in [0.2, 0.25) is 5.02 Å². The SMILES string of the molecule is O=C1NC(=O)C2(CCCN(C(=O)c3cc(Cl)ccn3)C2)N1. The van der Waals surface area contributed by atoms with Gasteiger partial charge in [0.2, 0.25) is 0 Å². The Balaban J connectivity index is 1.82. The van der Waals surface area contributed by atoms with Crippen molar-refractivity contribution >= 4 is 29.4 Å². The van der Waals surface area contributed by atoms with Gasteiger partial charge in [0.15, 0.2) is 0 Å². The lowest BCUT2D eigenvalue weighted by Gasteiger charge is -2.37. The first-order valence-electron chi connectivity index (χ1n) is 6.55. The summed E-state index contributed by atoms with van der Waals surface area (Å²) in [4.78, 5) is 41.3. The summed E-state index contributed by atoms with van der Waals surface area (Å²) in [5, 5.41) is 5.27. The van der Waals surface area contributed by atoms with E-state index in [4.69, 9.17) is 11.6 Å². The molecular weight excluding hydrogens is 296 g/mol. The summed E-state index contributed by atoms with van der Waals surface area (Å²) in [6.45, 7) is 0.648. The van der Waals surface area contributed by atoms with Gasteiger partial charge >= 0.3 is 6.03 Å². The molecule has 4 amide bonds. The minimum Gasteiger partial charge on any atom is -0.334 e. The molecule has 0 aliphatic carbocycles. The second-order valence-electron chi connectivity index (χ2n) is 5.18. The Morgan fingerprint density at radius 3 is 2.90 bits per heavy atom. The number of pyridine rings is 1. The minimum atomic E-state index is -1.02. The largest absolute Gasteiger partial charge is 0.334 e. The Bertz CT molecular complexity index is 636. The third kappa shape index (κ3) is 2.44. The lowest BCUT2D eigenvalue weighted by atomic mass is 9.89. The summed E-state index contributed by atoms with van der Waals surface area (Å²) >= 11 is 5.86. The number of hydrogen-bond donors (Lipinski definition) is 2. The number of carbonyl (C=O) groups excluding carboxylic acids is 3. The van der Waals surface area contributed by atoms with Gasteiger partial charge in [0.05, 0.1) is 6.54 Å². The van der Waals surface area contributed by atoms with Gasteiger partial charge < -0.3 is 10.2 Å². The molecule has 2 aliphatic heterocycles. The average molecular weight is 309 g/mol. The lowest BCUT2D eigenvalue weighted by molar-refractivity contribution is -0.125. The minimum absolute atomic E-state index is 0.137. The number of rotatable bonds is 1. The Hall–Kier alpha value is -2.15. The van der Waals surface area contributed by atoms with Crippen molar-refractivity contribution in [3.05, 3.63) is 29.0 Å². The van der Waals surface area contributed by atoms with E-state index in [9.17, 15) is 14.4 Å². The summed E-state index contributed by atoms with van der Waals surface area (Å²) in [5.41, 5.74) is -0.798. The molecule has 1 atom stereocenters. The van der Waals surface area contributed by atoms with Gasteiger partial charge in [-0.2, -0.15) is 0 Å². The van der Waals surface area contributed by atoms with Crippen molar-refractivity contribution in [1.82, 2.24) is 20.5 Å². The van der Waals surface area contributed by atoms with Crippen molar-refractivity contribution in [2.24, 2.45) is 0 Å². The molecule has 1 aromatic heterocycles. The van der Waals surface area contributed by atoms with Crippen LogP contribution in [0.5, 0.6) is 0 Å². The highest BCUT2D eigenvalue weighted by Crippen LogP contribution is 2.25. The van der Waals surface area contributed by atoms with Crippen LogP contribution in [0.1, 0.15) is 23.3 Å². The molecule has 0 bridgehead atoms. The first-order valence-corrected chi connectivity index (χ1v) is 6.92. The number of piperidine rings is 1. The van der Waals surface area contributed by atoms with E-state index in [2.05, 4.69) is 15.6 Å². The molecule has 3 rings (SSSR count). The Labute approximate surface area is 125 Å². The monoisotopic (exact) mass is 308 g/mol.